The van der Waals surface area contributed by atoms with Crippen molar-refractivity contribution in [3.63, 3.8) is 0 Å². The Morgan fingerprint density at radius 2 is 1.06 bits per heavy atom. The van der Waals surface area contributed by atoms with Gasteiger partial charge in [0.1, 0.15) is 11.6 Å². The van der Waals surface area contributed by atoms with Crippen LogP contribution in [0.4, 0.5) is 32.6 Å². The number of ether oxygens (including phenoxy) is 2. The summed E-state index contributed by atoms with van der Waals surface area (Å²) >= 11 is 0. The van der Waals surface area contributed by atoms with Crippen molar-refractivity contribution in [1.82, 2.24) is 9.97 Å². The molecule has 2 aromatic heterocycles. The van der Waals surface area contributed by atoms with Crippen LogP contribution in [0.2, 0.25) is 0 Å². The van der Waals surface area contributed by atoms with E-state index in [0.29, 0.717) is 34.1 Å². The zero-order valence-corrected chi connectivity index (χ0v) is 24.8. The fourth-order valence-electron chi connectivity index (χ4n) is 4.29. The monoisotopic (exact) mass is 639 g/mol. The number of rotatable bonds is 11. The molecule has 0 aliphatic rings. The molecule has 240 valence electrons. The first-order valence-electron chi connectivity index (χ1n) is 14.0. The van der Waals surface area contributed by atoms with Crippen LogP contribution in [0.3, 0.4) is 0 Å². The largest absolute Gasteiger partial charge is 0.408 e. The highest BCUT2D eigenvalue weighted by atomic mass is 16.6. The number of urea groups is 2. The quantitative estimate of drug-likeness (QED) is 0.0537. The van der Waals surface area contributed by atoms with Crippen molar-refractivity contribution in [2.75, 3.05) is 9.80 Å². The van der Waals surface area contributed by atoms with Crippen molar-refractivity contribution >= 4 is 58.9 Å². The Morgan fingerprint density at radius 3 is 1.45 bits per heavy atom. The van der Waals surface area contributed by atoms with Gasteiger partial charge in [0.2, 0.25) is 5.90 Å². The third kappa shape index (κ3) is 9.42. The Bertz CT molecular complexity index is 1750. The van der Waals surface area contributed by atoms with Crippen molar-refractivity contribution in [1.29, 1.82) is 0 Å². The van der Waals surface area contributed by atoms with Crippen LogP contribution < -0.4 is 21.3 Å². The summed E-state index contributed by atoms with van der Waals surface area (Å²) in [5.41, 5.74) is 12.9. The third-order valence-electron chi connectivity index (χ3n) is 6.40. The van der Waals surface area contributed by atoms with Crippen molar-refractivity contribution < 1.29 is 38.7 Å². The number of hydrogen-bond acceptors (Lipinski definition) is 11. The molecule has 0 saturated carbocycles. The fraction of sp³-hybridized carbons (Fsp3) is 0.125. The van der Waals surface area contributed by atoms with E-state index in [1.165, 1.54) is 22.2 Å². The molecule has 0 aliphatic heterocycles. The maximum atomic E-state index is 12.4. The molecule has 0 fully saturated rings. The summed E-state index contributed by atoms with van der Waals surface area (Å²) in [5, 5.41) is 12.2. The van der Waals surface area contributed by atoms with E-state index in [4.69, 9.17) is 20.9 Å². The molecule has 4 rings (SSSR count). The molecule has 0 atom stereocenters. The summed E-state index contributed by atoms with van der Waals surface area (Å²) in [6, 6.07) is 21.1. The molecule has 2 aromatic carbocycles. The van der Waals surface area contributed by atoms with Gasteiger partial charge < -0.3 is 26.1 Å². The van der Waals surface area contributed by atoms with Gasteiger partial charge in [-0.05, 0) is 59.7 Å². The van der Waals surface area contributed by atoms with Gasteiger partial charge in [-0.2, -0.15) is 0 Å². The number of benzene rings is 2. The normalized spacial score (nSPS) is 10.9. The molecule has 0 radical (unpaired) electrons. The Balaban J connectivity index is 1.23. The number of pyridine rings is 2. The minimum absolute atomic E-state index is 0.222. The average molecular weight is 640 g/mol. The van der Waals surface area contributed by atoms with E-state index in [-0.39, 0.29) is 19.3 Å². The molecule has 2 heterocycles. The molecule has 0 spiro atoms. The number of aromatic nitrogens is 2. The number of oxime groups is 1. The van der Waals surface area contributed by atoms with Crippen LogP contribution in [0.5, 0.6) is 0 Å². The predicted octanol–water partition coefficient (Wildman–Crippen LogP) is 3.88. The van der Waals surface area contributed by atoms with Crippen LogP contribution in [0.25, 0.3) is 0 Å². The Kier molecular flexibility index (Phi) is 11.2. The summed E-state index contributed by atoms with van der Waals surface area (Å²) in [4.78, 5) is 71.6. The molecule has 15 heteroatoms. The first kappa shape index (κ1) is 33.3. The molecular formula is C32H29N7O8. The standard InChI is InChI=1S/C32H29N7O8/c33-31(43)38(25-5-1-3-17-35-25)23-11-7-21(8-12-23)19-29(41)46-27(37-45)15-16-28(40)47-30(42)20-22-9-13-24(14-10-22)39(32(34)44)26-6-2-4-18-36-26/h1-14,17-18,45H,15-16,19-20H2,(H2,33,43)(H2,34,44)/b37-27-. The van der Waals surface area contributed by atoms with Crippen LogP contribution >= 0.6 is 0 Å². The Labute approximate surface area is 268 Å². The minimum atomic E-state index is -0.929. The molecule has 0 bridgehead atoms. The maximum Gasteiger partial charge on any atom is 0.325 e. The number of amides is 4. The van der Waals surface area contributed by atoms with Gasteiger partial charge in [-0.3, -0.25) is 14.4 Å². The summed E-state index contributed by atoms with van der Waals surface area (Å²) in [7, 11) is 0. The summed E-state index contributed by atoms with van der Waals surface area (Å²) in [6.45, 7) is 0. The lowest BCUT2D eigenvalue weighted by atomic mass is 10.1. The second-order valence-electron chi connectivity index (χ2n) is 9.72. The van der Waals surface area contributed by atoms with Crippen LogP contribution in [0.1, 0.15) is 24.0 Å². The second kappa shape index (κ2) is 15.9. The summed E-state index contributed by atoms with van der Waals surface area (Å²) in [5.74, 6) is -2.37. The SMILES string of the molecule is NC(=O)N(c1ccc(CC(=O)OC(=O)CC/C(=N/O)OC(=O)Cc2ccc(N(C(N)=O)c3ccccn3)cc2)cc1)c1ccccn1. The van der Waals surface area contributed by atoms with Gasteiger partial charge >= 0.3 is 30.0 Å². The van der Waals surface area contributed by atoms with Gasteiger partial charge in [-0.15, -0.1) is 0 Å². The number of primary amides is 2. The first-order chi connectivity index (χ1) is 22.6. The van der Waals surface area contributed by atoms with Gasteiger partial charge in [0.25, 0.3) is 0 Å². The van der Waals surface area contributed by atoms with E-state index in [2.05, 4.69) is 15.1 Å². The van der Waals surface area contributed by atoms with Crippen LogP contribution in [-0.4, -0.2) is 51.0 Å². The molecule has 0 unspecified atom stereocenters. The highest BCUT2D eigenvalue weighted by Gasteiger charge is 2.19. The van der Waals surface area contributed by atoms with Gasteiger partial charge in [0, 0.05) is 18.8 Å². The van der Waals surface area contributed by atoms with Gasteiger partial charge in [-0.25, -0.2) is 29.4 Å². The van der Waals surface area contributed by atoms with E-state index in [1.807, 2.05) is 0 Å². The molecule has 47 heavy (non-hydrogen) atoms. The molecule has 15 nitrogen and oxygen atoms in total. The van der Waals surface area contributed by atoms with E-state index in [0.717, 1.165) is 0 Å². The summed E-state index contributed by atoms with van der Waals surface area (Å²) < 4.78 is 9.88. The van der Waals surface area contributed by atoms with Crippen LogP contribution in [0, 0.1) is 0 Å². The maximum absolute atomic E-state index is 12.4. The number of carbonyl (C=O) groups is 5. The highest BCUT2D eigenvalue weighted by molar-refractivity contribution is 5.98. The van der Waals surface area contributed by atoms with E-state index in [1.54, 1.807) is 84.9 Å². The lowest BCUT2D eigenvalue weighted by Crippen LogP contribution is -2.32. The number of esters is 3. The molecule has 4 aromatic rings. The van der Waals surface area contributed by atoms with Gasteiger partial charge in [0.15, 0.2) is 0 Å². The average Bonchev–Trinajstić information content (AvgIpc) is 3.05. The molecule has 0 aliphatic carbocycles. The lowest BCUT2D eigenvalue weighted by molar-refractivity contribution is -0.159. The first-order valence-corrected chi connectivity index (χ1v) is 14.0. The molecule has 4 amide bonds. The minimum Gasteiger partial charge on any atom is -0.408 e. The van der Waals surface area contributed by atoms with E-state index >= 15 is 0 Å². The van der Waals surface area contributed by atoms with Crippen molar-refractivity contribution in [2.24, 2.45) is 16.6 Å². The number of nitrogens with zero attached hydrogens (tertiary/aromatic N) is 5. The number of carbonyl (C=O) groups excluding carboxylic acids is 5. The predicted molar refractivity (Wildman–Crippen MR) is 168 cm³/mol. The fourth-order valence-corrected chi connectivity index (χ4v) is 4.29. The van der Waals surface area contributed by atoms with Crippen molar-refractivity contribution in [2.45, 2.75) is 25.7 Å². The Hall–Kier alpha value is -6.64. The van der Waals surface area contributed by atoms with Crippen molar-refractivity contribution in [3.05, 3.63) is 108 Å². The van der Waals surface area contributed by atoms with Crippen LogP contribution in [-0.2, 0) is 36.7 Å². The zero-order valence-electron chi connectivity index (χ0n) is 24.8. The highest BCUT2D eigenvalue weighted by Crippen LogP contribution is 2.25. The van der Waals surface area contributed by atoms with Crippen LogP contribution in [0.15, 0.2) is 102 Å². The molecule has 0 saturated heterocycles. The molecule has 5 N–H and O–H groups in total. The van der Waals surface area contributed by atoms with E-state index < -0.39 is 42.3 Å². The van der Waals surface area contributed by atoms with E-state index in [9.17, 15) is 29.2 Å². The summed E-state index contributed by atoms with van der Waals surface area (Å²) in [6.07, 6.45) is 1.82. The number of anilines is 4. The smallest absolute Gasteiger partial charge is 0.325 e. The van der Waals surface area contributed by atoms with Gasteiger partial charge in [-0.1, -0.05) is 41.6 Å². The van der Waals surface area contributed by atoms with Crippen molar-refractivity contribution in [3.8, 4) is 0 Å². The molecular weight excluding hydrogens is 610 g/mol. The topological polar surface area (TPSA) is 221 Å². The zero-order chi connectivity index (χ0) is 33.8. The number of hydrogen-bond donors (Lipinski definition) is 3. The number of nitrogens with two attached hydrogens (primary N) is 2. The van der Waals surface area contributed by atoms with Gasteiger partial charge in [0.05, 0.1) is 30.6 Å². The Morgan fingerprint density at radius 1 is 0.617 bits per heavy atom. The lowest BCUT2D eigenvalue weighted by Gasteiger charge is -2.19. The third-order valence-corrected chi connectivity index (χ3v) is 6.40. The second-order valence-corrected chi connectivity index (χ2v) is 9.72.